The predicted molar refractivity (Wildman–Crippen MR) is 34.7 cm³/mol. The lowest BCUT2D eigenvalue weighted by molar-refractivity contribution is 0.463. The molecule has 0 N–H and O–H groups in total. The topological polar surface area (TPSA) is 25.8 Å². The normalized spacial score (nSPS) is 9.64. The third-order valence-electron chi connectivity index (χ3n) is 1.11. The van der Waals surface area contributed by atoms with Crippen LogP contribution in [-0.2, 0) is 6.42 Å². The molecule has 0 aliphatic rings. The Hall–Kier alpha value is -1.32. The molecule has 4 heteroatoms. The molecule has 0 atom stereocenters. The highest BCUT2D eigenvalue weighted by Gasteiger charge is 2.08. The number of hydrogen-bond donors (Lipinski definition) is 0. The van der Waals surface area contributed by atoms with Crippen molar-refractivity contribution in [3.63, 3.8) is 0 Å². The second-order valence-electron chi connectivity index (χ2n) is 1.87. The van der Waals surface area contributed by atoms with Crippen molar-refractivity contribution in [2.24, 2.45) is 0 Å². The summed E-state index contributed by atoms with van der Waals surface area (Å²) in [6, 6.07) is 0. The molecular weight excluding hydrogens is 150 g/mol. The minimum Gasteiger partial charge on any atom is -0.227 e. The van der Waals surface area contributed by atoms with Crippen molar-refractivity contribution in [2.75, 3.05) is 0 Å². The smallest absolute Gasteiger partial charge is 0.227 e. The maximum absolute atomic E-state index is 12.6. The molecule has 1 aromatic rings. The van der Waals surface area contributed by atoms with Gasteiger partial charge in [0, 0.05) is 6.42 Å². The summed E-state index contributed by atoms with van der Waals surface area (Å²) in [4.78, 5) is 6.32. The van der Waals surface area contributed by atoms with Crippen molar-refractivity contribution in [2.45, 2.75) is 6.42 Å². The van der Waals surface area contributed by atoms with Crippen molar-refractivity contribution in [1.29, 1.82) is 0 Å². The molecule has 0 amide bonds. The fourth-order valence-electron chi connectivity index (χ4n) is 0.618. The molecule has 1 heterocycles. The fourth-order valence-corrected chi connectivity index (χ4v) is 0.618. The Morgan fingerprint density at radius 1 is 1.45 bits per heavy atom. The van der Waals surface area contributed by atoms with Crippen molar-refractivity contribution in [3.05, 3.63) is 36.4 Å². The minimum absolute atomic E-state index is 0.0208. The molecule has 0 fully saturated rings. The van der Waals surface area contributed by atoms with Gasteiger partial charge in [-0.25, -0.2) is 4.98 Å². The number of allylic oxidation sites excluding steroid dienone is 1. The van der Waals surface area contributed by atoms with Gasteiger partial charge in [-0.1, -0.05) is 6.08 Å². The Labute approximate surface area is 62.6 Å². The molecule has 0 aromatic carbocycles. The van der Waals surface area contributed by atoms with E-state index >= 15 is 0 Å². The van der Waals surface area contributed by atoms with Crippen LogP contribution in [0.5, 0.6) is 0 Å². The van der Waals surface area contributed by atoms with Crippen LogP contribution >= 0.6 is 0 Å². The van der Waals surface area contributed by atoms with Crippen LogP contribution in [0.15, 0.2) is 12.7 Å². The second kappa shape index (κ2) is 3.18. The number of aromatic nitrogens is 2. The predicted octanol–water partition coefficient (Wildman–Crippen LogP) is 1.28. The Kier molecular flexibility index (Phi) is 2.25. The molecule has 0 aliphatic heterocycles. The molecule has 0 bridgehead atoms. The zero-order valence-electron chi connectivity index (χ0n) is 5.64. The standard InChI is InChI=1S/C7H5F2N2/c1-2-3-5-6(8)7(9)11-4-10-5/h2H,1,3H2. The maximum Gasteiger partial charge on any atom is 0.253 e. The molecule has 0 unspecified atom stereocenters. The van der Waals surface area contributed by atoms with Crippen molar-refractivity contribution >= 4 is 0 Å². The van der Waals surface area contributed by atoms with Gasteiger partial charge in [0.1, 0.15) is 0 Å². The molecule has 11 heavy (non-hydrogen) atoms. The average Bonchev–Trinajstić information content (AvgIpc) is 1.99. The van der Waals surface area contributed by atoms with Crippen LogP contribution in [-0.4, -0.2) is 9.97 Å². The number of hydrogen-bond acceptors (Lipinski definition) is 2. The summed E-state index contributed by atoms with van der Waals surface area (Å²) < 4.78 is 24.9. The lowest BCUT2D eigenvalue weighted by atomic mass is 10.3. The van der Waals surface area contributed by atoms with E-state index in [1.54, 1.807) is 0 Å². The van der Waals surface area contributed by atoms with E-state index in [1.807, 2.05) is 6.33 Å². The van der Waals surface area contributed by atoms with Gasteiger partial charge < -0.3 is 0 Å². The minimum atomic E-state index is -1.17. The number of nitrogens with zero attached hydrogens (tertiary/aromatic N) is 2. The third kappa shape index (κ3) is 1.58. The second-order valence-corrected chi connectivity index (χ2v) is 1.87. The average molecular weight is 155 g/mol. The Balaban J connectivity index is 3.05. The van der Waals surface area contributed by atoms with Crippen molar-refractivity contribution in [3.8, 4) is 0 Å². The zero-order chi connectivity index (χ0) is 8.27. The van der Waals surface area contributed by atoms with Crippen LogP contribution in [0.3, 0.4) is 0 Å². The van der Waals surface area contributed by atoms with Gasteiger partial charge in [-0.05, 0) is 0 Å². The van der Waals surface area contributed by atoms with Gasteiger partial charge in [0.25, 0.3) is 5.95 Å². The Bertz CT molecular complexity index is 273. The molecular formula is C7H5F2N2. The fraction of sp³-hybridized carbons (Fsp3) is 0.143. The van der Waals surface area contributed by atoms with Crippen LogP contribution in [0.2, 0.25) is 0 Å². The van der Waals surface area contributed by atoms with Gasteiger partial charge in [-0.2, -0.15) is 13.8 Å². The van der Waals surface area contributed by atoms with E-state index in [1.165, 1.54) is 6.08 Å². The van der Waals surface area contributed by atoms with E-state index in [4.69, 9.17) is 0 Å². The first-order valence-corrected chi connectivity index (χ1v) is 2.94. The van der Waals surface area contributed by atoms with Crippen LogP contribution in [0.1, 0.15) is 5.69 Å². The van der Waals surface area contributed by atoms with Gasteiger partial charge in [-0.15, -0.1) is 6.58 Å². The summed E-state index contributed by atoms with van der Waals surface area (Å²) in [6.45, 7) is 3.36. The summed E-state index contributed by atoms with van der Waals surface area (Å²) in [6.07, 6.45) is 3.60. The Morgan fingerprint density at radius 3 is 2.82 bits per heavy atom. The van der Waals surface area contributed by atoms with Crippen molar-refractivity contribution < 1.29 is 8.78 Å². The lowest BCUT2D eigenvalue weighted by Crippen LogP contribution is -1.99. The molecule has 0 saturated heterocycles. The van der Waals surface area contributed by atoms with Gasteiger partial charge in [0.2, 0.25) is 6.33 Å². The highest BCUT2D eigenvalue weighted by molar-refractivity contribution is 5.06. The molecule has 0 aliphatic carbocycles. The quantitative estimate of drug-likeness (QED) is 0.475. The highest BCUT2D eigenvalue weighted by Crippen LogP contribution is 2.05. The lowest BCUT2D eigenvalue weighted by Gasteiger charge is -1.95. The molecule has 2 nitrogen and oxygen atoms in total. The Morgan fingerprint density at radius 2 is 2.18 bits per heavy atom. The van der Waals surface area contributed by atoms with Crippen LogP contribution in [0, 0.1) is 18.1 Å². The number of rotatable bonds is 2. The van der Waals surface area contributed by atoms with Gasteiger partial charge in [0.05, 0.1) is 5.69 Å². The van der Waals surface area contributed by atoms with E-state index in [9.17, 15) is 8.78 Å². The first kappa shape index (κ1) is 7.78. The molecule has 1 aromatic heterocycles. The van der Waals surface area contributed by atoms with Gasteiger partial charge >= 0.3 is 0 Å². The van der Waals surface area contributed by atoms with Crippen LogP contribution in [0.25, 0.3) is 0 Å². The zero-order valence-corrected chi connectivity index (χ0v) is 5.64. The number of halogens is 2. The van der Waals surface area contributed by atoms with E-state index in [0.29, 0.717) is 0 Å². The molecule has 0 spiro atoms. The van der Waals surface area contributed by atoms with Crippen molar-refractivity contribution in [1.82, 2.24) is 9.97 Å². The largest absolute Gasteiger partial charge is 0.253 e. The summed E-state index contributed by atoms with van der Waals surface area (Å²) in [5.41, 5.74) is -0.0208. The summed E-state index contributed by atoms with van der Waals surface area (Å²) in [5, 5.41) is 0. The maximum atomic E-state index is 12.6. The van der Waals surface area contributed by atoms with Gasteiger partial charge in [-0.3, -0.25) is 0 Å². The van der Waals surface area contributed by atoms with E-state index in [2.05, 4.69) is 16.5 Å². The van der Waals surface area contributed by atoms with E-state index in [-0.39, 0.29) is 12.1 Å². The summed E-state index contributed by atoms with van der Waals surface area (Å²) >= 11 is 0. The third-order valence-corrected chi connectivity index (χ3v) is 1.11. The van der Waals surface area contributed by atoms with E-state index < -0.39 is 11.8 Å². The van der Waals surface area contributed by atoms with Crippen LogP contribution in [0.4, 0.5) is 8.78 Å². The van der Waals surface area contributed by atoms with Crippen LogP contribution < -0.4 is 0 Å². The first-order valence-electron chi connectivity index (χ1n) is 2.94. The summed E-state index contributed by atoms with van der Waals surface area (Å²) in [5.74, 6) is -2.19. The molecule has 1 radical (unpaired) electrons. The summed E-state index contributed by atoms with van der Waals surface area (Å²) in [7, 11) is 0. The highest BCUT2D eigenvalue weighted by atomic mass is 19.2. The molecule has 1 rings (SSSR count). The van der Waals surface area contributed by atoms with Gasteiger partial charge in [0.15, 0.2) is 5.82 Å². The monoisotopic (exact) mass is 155 g/mol. The SMILES string of the molecule is C=CCc1n[c]nc(F)c1F. The molecule has 0 saturated carbocycles. The molecule has 57 valence electrons. The first-order chi connectivity index (χ1) is 5.25. The van der Waals surface area contributed by atoms with E-state index in [0.717, 1.165) is 0 Å².